The molecule has 4 aromatic rings. The van der Waals surface area contributed by atoms with Crippen molar-refractivity contribution in [3.05, 3.63) is 131 Å². The maximum Gasteiger partial charge on any atom is 0.261 e. The quantitative estimate of drug-likeness (QED) is 0.236. The number of hydrogen-bond acceptors (Lipinski definition) is 6. The summed E-state index contributed by atoms with van der Waals surface area (Å²) in [5.41, 5.74) is 2.35. The fourth-order valence-electron chi connectivity index (χ4n) is 4.97. The standard InChI is InChI=1S/C34H34ClN3O6S/c35-29-13-11-27(12-14-29)24-38(33(28-9-5-2-6-10-28)34(40)36-23-26-7-3-1-4-8-26)32(39)25-44-30-15-17-31(18-16-30)45(41,42)37-19-21-43-22-20-37/h1-18,33H,19-25H2,(H,36,40)/t33-/m0/s1. The van der Waals surface area contributed by atoms with Crippen LogP contribution in [0.4, 0.5) is 0 Å². The van der Waals surface area contributed by atoms with E-state index in [2.05, 4.69) is 5.32 Å². The zero-order valence-corrected chi connectivity index (χ0v) is 26.1. The molecule has 0 spiro atoms. The first kappa shape index (κ1) is 32.2. The number of halogens is 1. The van der Waals surface area contributed by atoms with Gasteiger partial charge in [-0.15, -0.1) is 0 Å². The molecular formula is C34H34ClN3O6S. The van der Waals surface area contributed by atoms with Gasteiger partial charge in [0, 0.05) is 31.2 Å². The number of benzene rings is 4. The maximum absolute atomic E-state index is 13.9. The van der Waals surface area contributed by atoms with Crippen molar-refractivity contribution in [3.63, 3.8) is 0 Å². The van der Waals surface area contributed by atoms with Crippen LogP contribution in [0.1, 0.15) is 22.7 Å². The van der Waals surface area contributed by atoms with Gasteiger partial charge < -0.3 is 19.7 Å². The van der Waals surface area contributed by atoms with Gasteiger partial charge in [0.05, 0.1) is 18.1 Å². The number of nitrogens with zero attached hydrogens (tertiary/aromatic N) is 2. The largest absolute Gasteiger partial charge is 0.484 e. The van der Waals surface area contributed by atoms with Crippen molar-refractivity contribution in [1.29, 1.82) is 0 Å². The van der Waals surface area contributed by atoms with Gasteiger partial charge >= 0.3 is 0 Å². The molecule has 0 radical (unpaired) electrons. The molecule has 0 aromatic heterocycles. The third-order valence-corrected chi connectivity index (χ3v) is 9.53. The van der Waals surface area contributed by atoms with Crippen LogP contribution < -0.4 is 10.1 Å². The smallest absolute Gasteiger partial charge is 0.261 e. The summed E-state index contributed by atoms with van der Waals surface area (Å²) in [7, 11) is -3.67. The SMILES string of the molecule is O=C(NCc1ccccc1)[C@H](c1ccccc1)N(Cc1ccc(Cl)cc1)C(=O)COc1ccc(S(=O)(=O)N2CCOCC2)cc1. The zero-order valence-electron chi connectivity index (χ0n) is 24.5. The summed E-state index contributed by atoms with van der Waals surface area (Å²) in [6.07, 6.45) is 0. The number of amides is 2. The van der Waals surface area contributed by atoms with Crippen molar-refractivity contribution in [2.45, 2.75) is 24.0 Å². The monoisotopic (exact) mass is 647 g/mol. The Morgan fingerprint density at radius 2 is 1.47 bits per heavy atom. The van der Waals surface area contributed by atoms with Crippen LogP contribution >= 0.6 is 11.6 Å². The Kier molecular flexibility index (Phi) is 10.9. The number of carbonyl (C=O) groups is 2. The van der Waals surface area contributed by atoms with E-state index in [1.54, 1.807) is 24.3 Å². The molecule has 45 heavy (non-hydrogen) atoms. The van der Waals surface area contributed by atoms with Crippen LogP contribution in [0.2, 0.25) is 5.02 Å². The average Bonchev–Trinajstić information content (AvgIpc) is 3.08. The number of carbonyl (C=O) groups excluding carboxylic acids is 2. The fraction of sp³-hybridized carbons (Fsp3) is 0.235. The van der Waals surface area contributed by atoms with Crippen molar-refractivity contribution in [3.8, 4) is 5.75 Å². The van der Waals surface area contributed by atoms with Crippen LogP contribution in [-0.4, -0.2) is 62.3 Å². The normalized spacial score (nSPS) is 14.3. The summed E-state index contributed by atoms with van der Waals surface area (Å²) >= 11 is 6.11. The second kappa shape index (κ2) is 15.2. The number of sulfonamides is 1. The highest BCUT2D eigenvalue weighted by Crippen LogP contribution is 2.26. The summed E-state index contributed by atoms with van der Waals surface area (Å²) in [6, 6.07) is 30.7. The lowest BCUT2D eigenvalue weighted by atomic mass is 10.0. The van der Waals surface area contributed by atoms with E-state index in [9.17, 15) is 18.0 Å². The first-order chi connectivity index (χ1) is 21.8. The molecule has 11 heteroatoms. The number of rotatable bonds is 12. The highest BCUT2D eigenvalue weighted by molar-refractivity contribution is 7.89. The molecule has 5 rings (SSSR count). The number of hydrogen-bond donors (Lipinski definition) is 1. The van der Waals surface area contributed by atoms with Gasteiger partial charge in [-0.05, 0) is 53.1 Å². The molecule has 1 saturated heterocycles. The van der Waals surface area contributed by atoms with Gasteiger partial charge in [0.1, 0.15) is 11.8 Å². The van der Waals surface area contributed by atoms with E-state index in [1.165, 1.54) is 33.5 Å². The molecule has 9 nitrogen and oxygen atoms in total. The summed E-state index contributed by atoms with van der Waals surface area (Å²) in [5.74, 6) is -0.454. The van der Waals surface area contributed by atoms with Crippen molar-refractivity contribution < 1.29 is 27.5 Å². The second-order valence-corrected chi connectivity index (χ2v) is 12.8. The number of morpholine rings is 1. The third kappa shape index (κ3) is 8.49. The Bertz CT molecular complexity index is 1670. The van der Waals surface area contributed by atoms with E-state index in [0.717, 1.165) is 11.1 Å². The molecule has 0 saturated carbocycles. The fourth-order valence-corrected chi connectivity index (χ4v) is 6.51. The summed E-state index contributed by atoms with van der Waals surface area (Å²) in [6.45, 7) is 1.32. The molecule has 1 atom stereocenters. The minimum absolute atomic E-state index is 0.119. The third-order valence-electron chi connectivity index (χ3n) is 7.37. The van der Waals surface area contributed by atoms with Gasteiger partial charge in [0.25, 0.3) is 5.91 Å². The summed E-state index contributed by atoms with van der Waals surface area (Å²) in [4.78, 5) is 29.3. The van der Waals surface area contributed by atoms with Gasteiger partial charge in [-0.25, -0.2) is 8.42 Å². The van der Waals surface area contributed by atoms with E-state index in [1.807, 2.05) is 60.7 Å². The van der Waals surface area contributed by atoms with Gasteiger partial charge in [0.15, 0.2) is 6.61 Å². The molecule has 234 valence electrons. The van der Waals surface area contributed by atoms with Crippen LogP contribution in [0.25, 0.3) is 0 Å². The Morgan fingerprint density at radius 3 is 2.11 bits per heavy atom. The van der Waals surface area contributed by atoms with E-state index >= 15 is 0 Å². The molecule has 1 aliphatic heterocycles. The molecule has 0 unspecified atom stereocenters. The molecule has 2 amide bonds. The average molecular weight is 648 g/mol. The second-order valence-electron chi connectivity index (χ2n) is 10.4. The number of ether oxygens (including phenoxy) is 2. The number of nitrogens with one attached hydrogen (secondary N) is 1. The van der Waals surface area contributed by atoms with Gasteiger partial charge in [0.2, 0.25) is 15.9 Å². The lowest BCUT2D eigenvalue weighted by molar-refractivity contribution is -0.143. The molecule has 0 bridgehead atoms. The molecular weight excluding hydrogens is 614 g/mol. The van der Waals surface area contributed by atoms with Crippen molar-refractivity contribution in [2.24, 2.45) is 0 Å². The van der Waals surface area contributed by atoms with Crippen LogP contribution in [0.3, 0.4) is 0 Å². The van der Waals surface area contributed by atoms with E-state index < -0.39 is 22.0 Å². The Morgan fingerprint density at radius 1 is 0.844 bits per heavy atom. The minimum atomic E-state index is -3.67. The Labute approximate surface area is 268 Å². The first-order valence-corrected chi connectivity index (χ1v) is 16.3. The molecule has 1 heterocycles. The predicted octanol–water partition coefficient (Wildman–Crippen LogP) is 4.83. The van der Waals surface area contributed by atoms with E-state index in [-0.39, 0.29) is 24.0 Å². The Balaban J connectivity index is 1.36. The van der Waals surface area contributed by atoms with Crippen LogP contribution in [0, 0.1) is 0 Å². The van der Waals surface area contributed by atoms with Crippen LogP contribution in [0.15, 0.2) is 114 Å². The molecule has 4 aromatic carbocycles. The predicted molar refractivity (Wildman–Crippen MR) is 171 cm³/mol. The van der Waals surface area contributed by atoms with Crippen LogP contribution in [-0.2, 0) is 37.4 Å². The molecule has 1 fully saturated rings. The van der Waals surface area contributed by atoms with Gasteiger partial charge in [-0.2, -0.15) is 4.31 Å². The first-order valence-electron chi connectivity index (χ1n) is 14.5. The molecule has 0 aliphatic carbocycles. The zero-order chi connectivity index (χ0) is 31.6. The summed E-state index contributed by atoms with van der Waals surface area (Å²) < 4.78 is 38.5. The van der Waals surface area contributed by atoms with Crippen LogP contribution in [0.5, 0.6) is 5.75 Å². The lowest BCUT2D eigenvalue weighted by Crippen LogP contribution is -2.45. The lowest BCUT2D eigenvalue weighted by Gasteiger charge is -2.31. The highest BCUT2D eigenvalue weighted by Gasteiger charge is 2.32. The van der Waals surface area contributed by atoms with E-state index in [0.29, 0.717) is 49.2 Å². The molecule has 1 N–H and O–H groups in total. The molecule has 1 aliphatic rings. The van der Waals surface area contributed by atoms with Crippen molar-refractivity contribution in [1.82, 2.24) is 14.5 Å². The summed E-state index contributed by atoms with van der Waals surface area (Å²) in [5, 5.41) is 3.54. The topological polar surface area (TPSA) is 105 Å². The Hall–Kier alpha value is -4.22. The highest BCUT2D eigenvalue weighted by atomic mass is 35.5. The van der Waals surface area contributed by atoms with Crippen molar-refractivity contribution in [2.75, 3.05) is 32.9 Å². The maximum atomic E-state index is 13.9. The van der Waals surface area contributed by atoms with Crippen molar-refractivity contribution >= 4 is 33.4 Å². The van der Waals surface area contributed by atoms with Gasteiger partial charge in [-0.3, -0.25) is 9.59 Å². The minimum Gasteiger partial charge on any atom is -0.484 e. The van der Waals surface area contributed by atoms with Gasteiger partial charge in [-0.1, -0.05) is 84.4 Å². The van der Waals surface area contributed by atoms with E-state index in [4.69, 9.17) is 21.1 Å².